The van der Waals surface area contributed by atoms with Crippen molar-refractivity contribution in [1.82, 2.24) is 24.5 Å². The van der Waals surface area contributed by atoms with Gasteiger partial charge in [0.05, 0.1) is 17.0 Å². The predicted octanol–water partition coefficient (Wildman–Crippen LogP) is 4.87. The van der Waals surface area contributed by atoms with Crippen LogP contribution in [0.25, 0.3) is 17.3 Å². The topological polar surface area (TPSA) is 72.3 Å². The quantitative estimate of drug-likeness (QED) is 0.575. The first-order valence-corrected chi connectivity index (χ1v) is 9.89. The van der Waals surface area contributed by atoms with Crippen molar-refractivity contribution in [3.63, 3.8) is 0 Å². The van der Waals surface area contributed by atoms with Crippen LogP contribution >= 0.6 is 23.2 Å². The Hall–Kier alpha value is -2.62. The lowest BCUT2D eigenvalue weighted by molar-refractivity contribution is 0.627. The highest BCUT2D eigenvalue weighted by Crippen LogP contribution is 2.29. The number of rotatable bonds is 3. The monoisotopic (exact) mass is 412 g/mol. The van der Waals surface area contributed by atoms with Gasteiger partial charge in [-0.25, -0.2) is 4.68 Å². The minimum atomic E-state index is 0.420. The number of halogens is 2. The second-order valence-electron chi connectivity index (χ2n) is 6.75. The van der Waals surface area contributed by atoms with E-state index >= 15 is 0 Å². The van der Waals surface area contributed by atoms with Crippen molar-refractivity contribution < 1.29 is 0 Å². The van der Waals surface area contributed by atoms with E-state index in [1.807, 2.05) is 23.6 Å². The lowest BCUT2D eigenvalue weighted by Crippen LogP contribution is -2.05. The van der Waals surface area contributed by atoms with Gasteiger partial charge in [-0.05, 0) is 44.0 Å². The molecular weight excluding hydrogens is 395 g/mol. The predicted molar refractivity (Wildman–Crippen MR) is 109 cm³/mol. The van der Waals surface area contributed by atoms with Gasteiger partial charge >= 0.3 is 0 Å². The van der Waals surface area contributed by atoms with E-state index in [2.05, 4.69) is 21.4 Å². The fourth-order valence-corrected chi connectivity index (χ4v) is 3.94. The van der Waals surface area contributed by atoms with Crippen molar-refractivity contribution in [2.24, 2.45) is 0 Å². The van der Waals surface area contributed by atoms with Crippen molar-refractivity contribution in [2.45, 2.75) is 39.2 Å². The Morgan fingerprint density at radius 3 is 2.86 bits per heavy atom. The zero-order chi connectivity index (χ0) is 19.7. The van der Waals surface area contributed by atoms with Crippen molar-refractivity contribution >= 4 is 34.9 Å². The van der Waals surface area contributed by atoms with Crippen LogP contribution in [0.4, 0.5) is 0 Å². The maximum atomic E-state index is 9.79. The number of nitriles is 1. The zero-order valence-electron chi connectivity index (χ0n) is 15.4. The van der Waals surface area contributed by atoms with Gasteiger partial charge in [0.25, 0.3) is 0 Å². The maximum Gasteiger partial charge on any atom is 0.174 e. The highest BCUT2D eigenvalue weighted by Gasteiger charge is 2.20. The molecule has 0 radical (unpaired) electrons. The first-order valence-electron chi connectivity index (χ1n) is 9.14. The van der Waals surface area contributed by atoms with Crippen molar-refractivity contribution in [1.29, 1.82) is 5.26 Å². The third-order valence-electron chi connectivity index (χ3n) is 4.86. The molecule has 1 aliphatic rings. The van der Waals surface area contributed by atoms with E-state index in [1.54, 1.807) is 22.9 Å². The van der Waals surface area contributed by atoms with Gasteiger partial charge in [0, 0.05) is 23.6 Å². The summed E-state index contributed by atoms with van der Waals surface area (Å²) in [7, 11) is 0. The molecule has 0 spiro atoms. The summed E-state index contributed by atoms with van der Waals surface area (Å²) in [4.78, 5) is 0. The number of benzene rings is 1. The summed E-state index contributed by atoms with van der Waals surface area (Å²) in [5.74, 6) is 1.52. The van der Waals surface area contributed by atoms with E-state index in [0.717, 1.165) is 43.7 Å². The normalized spacial score (nSPS) is 14.4. The molecule has 0 saturated carbocycles. The van der Waals surface area contributed by atoms with Gasteiger partial charge in [0.2, 0.25) is 0 Å². The molecule has 8 heteroatoms. The summed E-state index contributed by atoms with van der Waals surface area (Å²) in [5, 5.41) is 23.9. The molecule has 4 rings (SSSR count). The maximum absolute atomic E-state index is 9.79. The number of hydrogen-bond acceptors (Lipinski definition) is 4. The van der Waals surface area contributed by atoms with Crippen LogP contribution in [0.1, 0.15) is 42.2 Å². The lowest BCUT2D eigenvalue weighted by atomic mass is 10.1. The van der Waals surface area contributed by atoms with Gasteiger partial charge in [-0.1, -0.05) is 35.7 Å². The number of hydrogen-bond donors (Lipinski definition) is 0. The molecule has 1 aliphatic heterocycles. The molecule has 3 aromatic rings. The number of nitrogens with zero attached hydrogens (tertiary/aromatic N) is 6. The molecule has 3 heterocycles. The highest BCUT2D eigenvalue weighted by atomic mass is 35.5. The standard InChI is InChI=1S/C20H18Cl2N6/c1-13-17(19(22)28(26-13)16-7-5-6-15(21)11-16)10-14(12-23)20-25-24-18-8-3-2-4-9-27(18)20/h5-7,10-11H,2-4,8-9H2,1H3/b14-10+. The Balaban J connectivity index is 1.78. The smallest absolute Gasteiger partial charge is 0.174 e. The van der Waals surface area contributed by atoms with E-state index < -0.39 is 0 Å². The van der Waals surface area contributed by atoms with Crippen LogP contribution in [-0.4, -0.2) is 24.5 Å². The molecular formula is C20H18Cl2N6. The van der Waals surface area contributed by atoms with Crippen LogP contribution in [0, 0.1) is 18.3 Å². The third-order valence-corrected chi connectivity index (χ3v) is 5.46. The fraction of sp³-hybridized carbons (Fsp3) is 0.300. The largest absolute Gasteiger partial charge is 0.310 e. The van der Waals surface area contributed by atoms with Crippen LogP contribution in [0.5, 0.6) is 0 Å². The van der Waals surface area contributed by atoms with E-state index in [0.29, 0.717) is 32.8 Å². The third kappa shape index (κ3) is 3.44. The minimum Gasteiger partial charge on any atom is -0.310 e. The van der Waals surface area contributed by atoms with E-state index in [1.165, 1.54) is 0 Å². The van der Waals surface area contributed by atoms with Crippen LogP contribution in [0.3, 0.4) is 0 Å². The van der Waals surface area contributed by atoms with Crippen molar-refractivity contribution in [2.75, 3.05) is 0 Å². The first kappa shape index (κ1) is 18.7. The van der Waals surface area contributed by atoms with E-state index in [9.17, 15) is 5.26 Å². The molecule has 0 amide bonds. The highest BCUT2D eigenvalue weighted by molar-refractivity contribution is 6.32. The van der Waals surface area contributed by atoms with Gasteiger partial charge in [0.1, 0.15) is 17.0 Å². The molecule has 6 nitrogen and oxygen atoms in total. The Labute approximate surface area is 173 Å². The van der Waals surface area contributed by atoms with Crippen LogP contribution < -0.4 is 0 Å². The van der Waals surface area contributed by atoms with Crippen molar-refractivity contribution in [3.8, 4) is 11.8 Å². The molecule has 0 bridgehead atoms. The molecule has 142 valence electrons. The molecule has 0 unspecified atom stereocenters. The van der Waals surface area contributed by atoms with Crippen LogP contribution in [0.15, 0.2) is 24.3 Å². The number of aromatic nitrogens is 5. The fourth-order valence-electron chi connectivity index (χ4n) is 3.43. The van der Waals surface area contributed by atoms with E-state index in [-0.39, 0.29) is 0 Å². The summed E-state index contributed by atoms with van der Waals surface area (Å²) in [5.41, 5.74) is 2.59. The molecule has 0 atom stereocenters. The van der Waals surface area contributed by atoms with Gasteiger partial charge in [-0.2, -0.15) is 10.4 Å². The molecule has 1 aromatic carbocycles. The average Bonchev–Trinajstić information content (AvgIpc) is 3.10. The second kappa shape index (κ2) is 7.78. The van der Waals surface area contributed by atoms with Gasteiger partial charge in [0.15, 0.2) is 5.82 Å². The van der Waals surface area contributed by atoms with Gasteiger partial charge in [-0.3, -0.25) is 0 Å². The molecule has 28 heavy (non-hydrogen) atoms. The van der Waals surface area contributed by atoms with Crippen LogP contribution in [0.2, 0.25) is 10.2 Å². The van der Waals surface area contributed by atoms with E-state index in [4.69, 9.17) is 23.2 Å². The number of aryl methyl sites for hydroxylation is 2. The molecule has 0 saturated heterocycles. The minimum absolute atomic E-state index is 0.420. The summed E-state index contributed by atoms with van der Waals surface area (Å²) < 4.78 is 3.67. The molecule has 2 aromatic heterocycles. The van der Waals surface area contributed by atoms with Crippen LogP contribution in [-0.2, 0) is 13.0 Å². The average molecular weight is 413 g/mol. The number of allylic oxidation sites excluding steroid dienone is 1. The second-order valence-corrected chi connectivity index (χ2v) is 7.55. The SMILES string of the molecule is Cc1nn(-c2cccc(Cl)c2)c(Cl)c1/C=C(\C#N)c1nnc2n1CCCCC2. The summed E-state index contributed by atoms with van der Waals surface area (Å²) in [6.45, 7) is 2.68. The molecule has 0 N–H and O–H groups in total. The molecule has 0 aliphatic carbocycles. The lowest BCUT2D eigenvalue weighted by Gasteiger charge is -2.06. The van der Waals surface area contributed by atoms with Gasteiger partial charge in [-0.15, -0.1) is 10.2 Å². The summed E-state index contributed by atoms with van der Waals surface area (Å²) in [6.07, 6.45) is 5.95. The Morgan fingerprint density at radius 2 is 2.07 bits per heavy atom. The Kier molecular flexibility index (Phi) is 5.21. The first-order chi connectivity index (χ1) is 13.6. The number of fused-ring (bicyclic) bond motifs is 1. The van der Waals surface area contributed by atoms with Crippen molar-refractivity contribution in [3.05, 3.63) is 57.3 Å². The summed E-state index contributed by atoms with van der Waals surface area (Å²) in [6, 6.07) is 9.55. The summed E-state index contributed by atoms with van der Waals surface area (Å²) >= 11 is 12.7. The zero-order valence-corrected chi connectivity index (χ0v) is 16.9. The Bertz CT molecular complexity index is 1100. The van der Waals surface area contributed by atoms with Gasteiger partial charge < -0.3 is 4.57 Å². The molecule has 0 fully saturated rings. The Morgan fingerprint density at radius 1 is 1.21 bits per heavy atom.